The summed E-state index contributed by atoms with van der Waals surface area (Å²) in [6.07, 6.45) is 0. The molecule has 32 heavy (non-hydrogen) atoms. The first-order valence-electron chi connectivity index (χ1n) is 9.32. The van der Waals surface area contributed by atoms with Crippen LogP contribution < -0.4 is 5.32 Å². The molecule has 10 heteroatoms. The van der Waals surface area contributed by atoms with E-state index in [0.29, 0.717) is 11.6 Å². The van der Waals surface area contributed by atoms with Crippen molar-refractivity contribution in [3.05, 3.63) is 93.7 Å². The van der Waals surface area contributed by atoms with E-state index in [1.54, 1.807) is 43.3 Å². The van der Waals surface area contributed by atoms with Crippen molar-refractivity contribution in [3.63, 3.8) is 0 Å². The summed E-state index contributed by atoms with van der Waals surface area (Å²) in [4.78, 5) is 12.5. The molecule has 0 radical (unpaired) electrons. The third kappa shape index (κ3) is 5.56. The molecule has 0 spiro atoms. The molecule has 0 aromatic heterocycles. The summed E-state index contributed by atoms with van der Waals surface area (Å²) in [5, 5.41) is 2.10. The van der Waals surface area contributed by atoms with Gasteiger partial charge in [0.05, 0.1) is 17.1 Å². The largest absolute Gasteiger partial charge is 0.322 e. The van der Waals surface area contributed by atoms with Crippen LogP contribution in [0.3, 0.4) is 0 Å². The fourth-order valence-electron chi connectivity index (χ4n) is 2.85. The summed E-state index contributed by atoms with van der Waals surface area (Å²) < 4.78 is 68.7. The van der Waals surface area contributed by atoms with Crippen LogP contribution in [0.15, 0.2) is 70.0 Å². The van der Waals surface area contributed by atoms with E-state index in [1.165, 1.54) is 12.1 Å². The molecule has 1 amide bonds. The third-order valence-corrected chi connectivity index (χ3v) is 6.89. The number of nitrogens with one attached hydrogen (secondary N) is 1. The average molecular weight is 527 g/mol. The van der Waals surface area contributed by atoms with Crippen LogP contribution >= 0.6 is 15.9 Å². The molecule has 0 unspecified atom stereocenters. The van der Waals surface area contributed by atoms with Crippen LogP contribution in [0, 0.1) is 24.4 Å². The van der Waals surface area contributed by atoms with Gasteiger partial charge in [-0.2, -0.15) is 4.31 Å². The molecular weight excluding hydrogens is 509 g/mol. The van der Waals surface area contributed by atoms with Gasteiger partial charge >= 0.3 is 0 Å². The Kier molecular flexibility index (Phi) is 7.37. The van der Waals surface area contributed by atoms with Gasteiger partial charge in [-0.05, 0) is 48.9 Å². The molecule has 0 heterocycles. The minimum absolute atomic E-state index is 0.0213. The summed E-state index contributed by atoms with van der Waals surface area (Å²) in [5.41, 5.74) is 0.871. The minimum atomic E-state index is -4.11. The van der Waals surface area contributed by atoms with Crippen LogP contribution in [0.25, 0.3) is 0 Å². The van der Waals surface area contributed by atoms with Gasteiger partial charge in [-0.1, -0.05) is 45.8 Å². The standard InChI is InChI=1S/C22H18BrF3N2O3S/c1-14-2-8-17(9-3-14)32(30,31)28(12-15-4-6-16(23)7-5-15)13-20(29)27-19-11-10-18(24)21(25)22(19)26/h2-11H,12-13H2,1H3,(H,27,29). The van der Waals surface area contributed by atoms with Crippen molar-refractivity contribution in [2.45, 2.75) is 18.4 Å². The summed E-state index contributed by atoms with van der Waals surface area (Å²) >= 11 is 3.30. The Morgan fingerprint density at radius 1 is 0.938 bits per heavy atom. The zero-order valence-corrected chi connectivity index (χ0v) is 19.2. The summed E-state index contributed by atoms with van der Waals surface area (Å²) in [5.74, 6) is -5.62. The first-order valence-corrected chi connectivity index (χ1v) is 11.6. The smallest absolute Gasteiger partial charge is 0.243 e. The van der Waals surface area contributed by atoms with E-state index in [0.717, 1.165) is 20.4 Å². The number of sulfonamides is 1. The van der Waals surface area contributed by atoms with Gasteiger partial charge in [-0.25, -0.2) is 21.6 Å². The quantitative estimate of drug-likeness (QED) is 0.440. The van der Waals surface area contributed by atoms with Gasteiger partial charge in [0.25, 0.3) is 0 Å². The van der Waals surface area contributed by atoms with Crippen LogP contribution in [-0.2, 0) is 21.4 Å². The van der Waals surface area contributed by atoms with E-state index >= 15 is 0 Å². The van der Waals surface area contributed by atoms with Crippen LogP contribution in [-0.4, -0.2) is 25.2 Å². The van der Waals surface area contributed by atoms with Gasteiger partial charge in [0.1, 0.15) is 0 Å². The Morgan fingerprint density at radius 2 is 1.56 bits per heavy atom. The summed E-state index contributed by atoms with van der Waals surface area (Å²) in [7, 11) is -4.11. The Hall–Kier alpha value is -2.69. The average Bonchev–Trinajstić information content (AvgIpc) is 2.75. The number of halogens is 4. The lowest BCUT2D eigenvalue weighted by atomic mass is 10.2. The van der Waals surface area contributed by atoms with Crippen molar-refractivity contribution in [1.29, 1.82) is 0 Å². The second-order valence-electron chi connectivity index (χ2n) is 6.98. The van der Waals surface area contributed by atoms with Crippen molar-refractivity contribution in [2.75, 3.05) is 11.9 Å². The zero-order valence-electron chi connectivity index (χ0n) is 16.8. The second-order valence-corrected chi connectivity index (χ2v) is 9.84. The lowest BCUT2D eigenvalue weighted by molar-refractivity contribution is -0.116. The van der Waals surface area contributed by atoms with E-state index in [-0.39, 0.29) is 11.4 Å². The highest BCUT2D eigenvalue weighted by atomic mass is 79.9. The highest BCUT2D eigenvalue weighted by Gasteiger charge is 2.27. The Morgan fingerprint density at radius 3 is 2.19 bits per heavy atom. The van der Waals surface area contributed by atoms with Gasteiger partial charge in [0, 0.05) is 11.0 Å². The Bertz CT molecular complexity index is 1230. The number of carbonyl (C=O) groups is 1. The number of hydrogen-bond donors (Lipinski definition) is 1. The highest BCUT2D eigenvalue weighted by Crippen LogP contribution is 2.22. The van der Waals surface area contributed by atoms with Crippen molar-refractivity contribution >= 4 is 37.5 Å². The van der Waals surface area contributed by atoms with Gasteiger partial charge in [-0.15, -0.1) is 0 Å². The van der Waals surface area contributed by atoms with Gasteiger partial charge in [0.2, 0.25) is 15.9 Å². The lowest BCUT2D eigenvalue weighted by Crippen LogP contribution is -2.37. The zero-order chi connectivity index (χ0) is 23.5. The molecule has 0 saturated heterocycles. The number of hydrogen-bond acceptors (Lipinski definition) is 3. The Labute approximate surface area is 192 Å². The maximum atomic E-state index is 13.9. The maximum absolute atomic E-state index is 13.9. The molecule has 0 aliphatic rings. The topological polar surface area (TPSA) is 66.5 Å². The monoisotopic (exact) mass is 526 g/mol. The third-order valence-electron chi connectivity index (χ3n) is 4.56. The highest BCUT2D eigenvalue weighted by molar-refractivity contribution is 9.10. The predicted molar refractivity (Wildman–Crippen MR) is 118 cm³/mol. The first-order chi connectivity index (χ1) is 15.1. The first kappa shape index (κ1) is 24.0. The van der Waals surface area contributed by atoms with Crippen molar-refractivity contribution in [2.24, 2.45) is 0 Å². The number of benzene rings is 3. The predicted octanol–water partition coefficient (Wildman–Crippen LogP) is 5.00. The SMILES string of the molecule is Cc1ccc(S(=O)(=O)N(CC(=O)Nc2ccc(F)c(F)c2F)Cc2ccc(Br)cc2)cc1. The van der Waals surface area contributed by atoms with Gasteiger partial charge in [-0.3, -0.25) is 4.79 Å². The molecule has 0 fully saturated rings. The van der Waals surface area contributed by atoms with E-state index < -0.39 is 45.6 Å². The van der Waals surface area contributed by atoms with Crippen LogP contribution in [0.2, 0.25) is 0 Å². The van der Waals surface area contributed by atoms with Crippen molar-refractivity contribution in [1.82, 2.24) is 4.31 Å². The lowest BCUT2D eigenvalue weighted by Gasteiger charge is -2.22. The molecule has 3 rings (SSSR count). The molecule has 5 nitrogen and oxygen atoms in total. The number of rotatable bonds is 7. The summed E-state index contributed by atoms with van der Waals surface area (Å²) in [6.45, 7) is 0.988. The van der Waals surface area contributed by atoms with E-state index in [2.05, 4.69) is 21.2 Å². The van der Waals surface area contributed by atoms with Crippen LogP contribution in [0.4, 0.5) is 18.9 Å². The Balaban J connectivity index is 1.89. The number of carbonyl (C=O) groups excluding carboxylic acids is 1. The number of aryl methyl sites for hydroxylation is 1. The molecular formula is C22H18BrF3N2O3S. The molecule has 0 aliphatic heterocycles. The minimum Gasteiger partial charge on any atom is -0.322 e. The van der Waals surface area contributed by atoms with Gasteiger partial charge < -0.3 is 5.32 Å². The van der Waals surface area contributed by atoms with Crippen molar-refractivity contribution in [3.8, 4) is 0 Å². The fraction of sp³-hybridized carbons (Fsp3) is 0.136. The molecule has 0 atom stereocenters. The number of amides is 1. The fourth-order valence-corrected chi connectivity index (χ4v) is 4.50. The molecule has 0 saturated carbocycles. The molecule has 168 valence electrons. The van der Waals surface area contributed by atoms with Crippen LogP contribution in [0.1, 0.15) is 11.1 Å². The normalized spacial score (nSPS) is 11.6. The summed E-state index contributed by atoms with van der Waals surface area (Å²) in [6, 6.07) is 14.5. The molecule has 0 aliphatic carbocycles. The molecule has 3 aromatic rings. The van der Waals surface area contributed by atoms with E-state index in [4.69, 9.17) is 0 Å². The number of anilines is 1. The van der Waals surface area contributed by atoms with E-state index in [9.17, 15) is 26.4 Å². The van der Waals surface area contributed by atoms with Crippen LogP contribution in [0.5, 0.6) is 0 Å². The van der Waals surface area contributed by atoms with Crippen molar-refractivity contribution < 1.29 is 26.4 Å². The number of nitrogens with zero attached hydrogens (tertiary/aromatic N) is 1. The second kappa shape index (κ2) is 9.85. The van der Waals surface area contributed by atoms with E-state index in [1.807, 2.05) is 0 Å². The van der Waals surface area contributed by atoms with Gasteiger partial charge in [0.15, 0.2) is 17.5 Å². The molecule has 1 N–H and O–H groups in total. The maximum Gasteiger partial charge on any atom is 0.243 e. The molecule has 0 bridgehead atoms. The molecule has 3 aromatic carbocycles.